The van der Waals surface area contributed by atoms with Crippen LogP contribution >= 0.6 is 15.9 Å². The molecular formula is C9H9BrN4O2S. The summed E-state index contributed by atoms with van der Waals surface area (Å²) in [5.74, 6) is 0.0885. The third-order valence-electron chi connectivity index (χ3n) is 2.09. The lowest BCUT2D eigenvalue weighted by molar-refractivity contribution is 0.600. The second kappa shape index (κ2) is 4.46. The highest BCUT2D eigenvalue weighted by molar-refractivity contribution is 9.10. The summed E-state index contributed by atoms with van der Waals surface area (Å²) in [6.07, 6.45) is 1.23. The van der Waals surface area contributed by atoms with E-state index in [0.717, 1.165) is 10.0 Å². The van der Waals surface area contributed by atoms with Crippen molar-refractivity contribution in [3.63, 3.8) is 0 Å². The molecule has 0 saturated heterocycles. The van der Waals surface area contributed by atoms with Crippen molar-refractivity contribution in [3.8, 4) is 0 Å². The SMILES string of the molecule is Cc1cc(S(=O)(=O)Nc2ncn[nH]2)ccc1Br. The molecule has 6 nitrogen and oxygen atoms in total. The first-order chi connectivity index (χ1) is 7.99. The maximum Gasteiger partial charge on any atom is 0.264 e. The van der Waals surface area contributed by atoms with Gasteiger partial charge in [-0.3, -0.25) is 0 Å². The molecule has 1 aromatic heterocycles. The lowest BCUT2D eigenvalue weighted by atomic mass is 10.2. The van der Waals surface area contributed by atoms with E-state index < -0.39 is 10.0 Å². The average molecular weight is 317 g/mol. The number of sulfonamides is 1. The van der Waals surface area contributed by atoms with Gasteiger partial charge in [0, 0.05) is 4.47 Å². The molecule has 0 fully saturated rings. The topological polar surface area (TPSA) is 87.7 Å². The summed E-state index contributed by atoms with van der Waals surface area (Å²) in [4.78, 5) is 3.88. The van der Waals surface area contributed by atoms with Crippen molar-refractivity contribution in [2.24, 2.45) is 0 Å². The summed E-state index contributed by atoms with van der Waals surface area (Å²) >= 11 is 3.31. The molecule has 2 N–H and O–H groups in total. The van der Waals surface area contributed by atoms with Crippen LogP contribution in [-0.2, 0) is 10.0 Å². The van der Waals surface area contributed by atoms with Gasteiger partial charge in [-0.25, -0.2) is 18.2 Å². The van der Waals surface area contributed by atoms with Crippen molar-refractivity contribution in [1.29, 1.82) is 0 Å². The Labute approximate surface area is 107 Å². The van der Waals surface area contributed by atoms with Crippen LogP contribution in [-0.4, -0.2) is 23.6 Å². The summed E-state index contributed by atoms with van der Waals surface area (Å²) < 4.78 is 27.0. The van der Waals surface area contributed by atoms with Crippen LogP contribution in [0.2, 0.25) is 0 Å². The monoisotopic (exact) mass is 316 g/mol. The molecule has 2 aromatic rings. The highest BCUT2D eigenvalue weighted by Crippen LogP contribution is 2.20. The van der Waals surface area contributed by atoms with Gasteiger partial charge in [0.2, 0.25) is 5.95 Å². The first-order valence-corrected chi connectivity index (χ1v) is 6.91. The molecule has 2 rings (SSSR count). The van der Waals surface area contributed by atoms with Crippen LogP contribution in [0.3, 0.4) is 0 Å². The number of H-pyrrole nitrogens is 1. The van der Waals surface area contributed by atoms with Gasteiger partial charge in [-0.05, 0) is 30.7 Å². The zero-order valence-electron chi connectivity index (χ0n) is 8.81. The van der Waals surface area contributed by atoms with Crippen LogP contribution in [0.1, 0.15) is 5.56 Å². The molecule has 0 bridgehead atoms. The molecule has 0 aliphatic heterocycles. The van der Waals surface area contributed by atoms with Crippen LogP contribution < -0.4 is 4.72 Å². The van der Waals surface area contributed by atoms with E-state index in [1.165, 1.54) is 12.4 Å². The number of rotatable bonds is 3. The zero-order valence-corrected chi connectivity index (χ0v) is 11.2. The van der Waals surface area contributed by atoms with Crippen molar-refractivity contribution in [1.82, 2.24) is 15.2 Å². The van der Waals surface area contributed by atoms with Crippen LogP contribution in [0.25, 0.3) is 0 Å². The number of aryl methyl sites for hydroxylation is 1. The van der Waals surface area contributed by atoms with Crippen LogP contribution in [0.15, 0.2) is 33.9 Å². The van der Waals surface area contributed by atoms with Crippen molar-refractivity contribution in [3.05, 3.63) is 34.6 Å². The maximum atomic E-state index is 11.9. The number of nitrogens with zero attached hydrogens (tertiary/aromatic N) is 2. The number of nitrogens with one attached hydrogen (secondary N) is 2. The fourth-order valence-electron chi connectivity index (χ4n) is 1.23. The van der Waals surface area contributed by atoms with E-state index >= 15 is 0 Å². The number of hydrogen-bond donors (Lipinski definition) is 2. The van der Waals surface area contributed by atoms with Gasteiger partial charge in [-0.15, -0.1) is 0 Å². The molecule has 0 aliphatic rings. The second-order valence-corrected chi connectivity index (χ2v) is 5.89. The second-order valence-electron chi connectivity index (χ2n) is 3.35. The number of aromatic amines is 1. The molecule has 17 heavy (non-hydrogen) atoms. The maximum absolute atomic E-state index is 11.9. The lowest BCUT2D eigenvalue weighted by Crippen LogP contribution is -2.14. The summed E-state index contributed by atoms with van der Waals surface area (Å²) in [7, 11) is -3.63. The lowest BCUT2D eigenvalue weighted by Gasteiger charge is -2.06. The van der Waals surface area contributed by atoms with Gasteiger partial charge in [0.15, 0.2) is 0 Å². The summed E-state index contributed by atoms with van der Waals surface area (Å²) in [5, 5.41) is 5.99. The van der Waals surface area contributed by atoms with E-state index in [-0.39, 0.29) is 10.8 Å². The Kier molecular flexibility index (Phi) is 3.16. The van der Waals surface area contributed by atoms with Crippen LogP contribution in [0, 0.1) is 6.92 Å². The third kappa shape index (κ3) is 2.64. The van der Waals surface area contributed by atoms with Gasteiger partial charge in [0.1, 0.15) is 6.33 Å². The Bertz CT molecular complexity index is 624. The molecule has 8 heteroatoms. The standard InChI is InChI=1S/C9H9BrN4O2S/c1-6-4-7(2-3-8(6)10)17(15,16)14-9-11-5-12-13-9/h2-5H,1H3,(H2,11,12,13,14). The van der Waals surface area contributed by atoms with E-state index in [1.807, 2.05) is 6.92 Å². The summed E-state index contributed by atoms with van der Waals surface area (Å²) in [6, 6.07) is 4.77. The van der Waals surface area contributed by atoms with E-state index in [0.29, 0.717) is 0 Å². The van der Waals surface area contributed by atoms with Crippen molar-refractivity contribution >= 4 is 31.9 Å². The Hall–Kier alpha value is -1.41. The molecule has 0 spiro atoms. The first-order valence-electron chi connectivity index (χ1n) is 4.63. The van der Waals surface area contributed by atoms with Crippen molar-refractivity contribution < 1.29 is 8.42 Å². The number of benzene rings is 1. The number of aromatic nitrogens is 3. The van der Waals surface area contributed by atoms with E-state index in [9.17, 15) is 8.42 Å². The molecule has 0 radical (unpaired) electrons. The number of anilines is 1. The molecule has 0 unspecified atom stereocenters. The predicted octanol–water partition coefficient (Wildman–Crippen LogP) is 1.68. The highest BCUT2D eigenvalue weighted by Gasteiger charge is 2.16. The molecular weight excluding hydrogens is 308 g/mol. The Balaban J connectivity index is 2.35. The Morgan fingerprint density at radius 1 is 1.41 bits per heavy atom. The summed E-state index contributed by atoms with van der Waals surface area (Å²) in [6.45, 7) is 1.82. The van der Waals surface area contributed by atoms with E-state index in [1.54, 1.807) is 12.1 Å². The smallest absolute Gasteiger partial charge is 0.248 e. The average Bonchev–Trinajstić information content (AvgIpc) is 2.73. The molecule has 1 heterocycles. The van der Waals surface area contributed by atoms with Crippen molar-refractivity contribution in [2.75, 3.05) is 4.72 Å². The number of halogens is 1. The highest BCUT2D eigenvalue weighted by atomic mass is 79.9. The molecule has 1 aromatic carbocycles. The molecule has 0 saturated carbocycles. The van der Waals surface area contributed by atoms with E-state index in [4.69, 9.17) is 0 Å². The minimum Gasteiger partial charge on any atom is -0.248 e. The molecule has 0 atom stereocenters. The van der Waals surface area contributed by atoms with Crippen LogP contribution in [0.5, 0.6) is 0 Å². The first kappa shape index (κ1) is 12.1. The summed E-state index contributed by atoms with van der Waals surface area (Å²) in [5.41, 5.74) is 0.838. The molecule has 0 amide bonds. The van der Waals surface area contributed by atoms with Gasteiger partial charge in [-0.1, -0.05) is 15.9 Å². The van der Waals surface area contributed by atoms with Crippen molar-refractivity contribution in [2.45, 2.75) is 11.8 Å². The largest absolute Gasteiger partial charge is 0.264 e. The number of hydrogen-bond acceptors (Lipinski definition) is 4. The van der Waals surface area contributed by atoms with E-state index in [2.05, 4.69) is 35.8 Å². The zero-order chi connectivity index (χ0) is 12.5. The Morgan fingerprint density at radius 2 is 2.18 bits per heavy atom. The van der Waals surface area contributed by atoms with Gasteiger partial charge in [-0.2, -0.15) is 10.1 Å². The van der Waals surface area contributed by atoms with Gasteiger partial charge < -0.3 is 0 Å². The normalized spacial score (nSPS) is 11.4. The predicted molar refractivity (Wildman–Crippen MR) is 66.1 cm³/mol. The fraction of sp³-hybridized carbons (Fsp3) is 0.111. The quantitative estimate of drug-likeness (QED) is 0.901. The fourth-order valence-corrected chi connectivity index (χ4v) is 2.52. The minimum atomic E-state index is -3.63. The van der Waals surface area contributed by atoms with Gasteiger partial charge >= 0.3 is 0 Å². The van der Waals surface area contributed by atoms with Gasteiger partial charge in [0.05, 0.1) is 4.90 Å². The van der Waals surface area contributed by atoms with Crippen LogP contribution in [0.4, 0.5) is 5.95 Å². The molecule has 90 valence electrons. The third-order valence-corrected chi connectivity index (χ3v) is 4.31. The van der Waals surface area contributed by atoms with Gasteiger partial charge in [0.25, 0.3) is 10.0 Å². The molecule has 0 aliphatic carbocycles. The Morgan fingerprint density at radius 3 is 2.76 bits per heavy atom. The minimum absolute atomic E-state index is 0.0885.